The lowest BCUT2D eigenvalue weighted by molar-refractivity contribution is 0.0921. The Labute approximate surface area is 139 Å². The average molecular weight is 333 g/mol. The summed E-state index contributed by atoms with van der Waals surface area (Å²) in [7, 11) is 0. The molecule has 2 unspecified atom stereocenters. The first-order chi connectivity index (χ1) is 11.2. The molecule has 0 spiro atoms. The highest BCUT2D eigenvalue weighted by Crippen LogP contribution is 2.21. The summed E-state index contributed by atoms with van der Waals surface area (Å²) in [6.45, 7) is 1.15. The number of halogens is 1. The van der Waals surface area contributed by atoms with Gasteiger partial charge in [-0.1, -0.05) is 17.7 Å². The molecule has 0 radical (unpaired) electrons. The molecule has 0 saturated carbocycles. The Kier molecular flexibility index (Phi) is 4.73. The van der Waals surface area contributed by atoms with Crippen molar-refractivity contribution in [3.8, 4) is 0 Å². The van der Waals surface area contributed by atoms with E-state index in [2.05, 4.69) is 15.3 Å². The number of amides is 1. The fourth-order valence-corrected chi connectivity index (χ4v) is 2.91. The van der Waals surface area contributed by atoms with E-state index in [-0.39, 0.29) is 24.5 Å². The molecule has 1 aliphatic heterocycles. The molecule has 2 heterocycles. The molecular weight excluding hydrogens is 316 g/mol. The first kappa shape index (κ1) is 15.7. The van der Waals surface area contributed by atoms with E-state index in [0.717, 1.165) is 0 Å². The second kappa shape index (κ2) is 6.93. The van der Waals surface area contributed by atoms with E-state index in [4.69, 9.17) is 11.6 Å². The van der Waals surface area contributed by atoms with Gasteiger partial charge >= 0.3 is 0 Å². The zero-order chi connectivity index (χ0) is 16.2. The summed E-state index contributed by atoms with van der Waals surface area (Å²) >= 11 is 5.92. The third-order valence-electron chi connectivity index (χ3n) is 3.91. The molecule has 3 rings (SSSR count). The van der Waals surface area contributed by atoms with Gasteiger partial charge in [0.05, 0.1) is 6.04 Å². The minimum absolute atomic E-state index is 0.0101. The molecule has 120 valence electrons. The zero-order valence-corrected chi connectivity index (χ0v) is 13.1. The second-order valence-corrected chi connectivity index (χ2v) is 5.92. The summed E-state index contributed by atoms with van der Waals surface area (Å²) in [4.78, 5) is 22.8. The second-order valence-electron chi connectivity index (χ2n) is 5.49. The van der Waals surface area contributed by atoms with E-state index in [1.54, 1.807) is 42.7 Å². The predicted molar refractivity (Wildman–Crippen MR) is 87.5 cm³/mol. The van der Waals surface area contributed by atoms with E-state index >= 15 is 0 Å². The molecule has 1 amide bonds. The monoisotopic (exact) mass is 332 g/mol. The van der Waals surface area contributed by atoms with Crippen LogP contribution in [0.15, 0.2) is 42.7 Å². The molecule has 6 nitrogen and oxygen atoms in total. The minimum atomic E-state index is -0.202. The van der Waals surface area contributed by atoms with Crippen LogP contribution in [0.4, 0.5) is 5.95 Å². The number of benzene rings is 1. The highest BCUT2D eigenvalue weighted by molar-refractivity contribution is 6.30. The normalized spacial score (nSPS) is 20.5. The van der Waals surface area contributed by atoms with Crippen molar-refractivity contribution in [3.05, 3.63) is 53.3 Å². The number of hydrogen-bond acceptors (Lipinski definition) is 5. The quantitative estimate of drug-likeness (QED) is 0.884. The number of aliphatic hydroxyl groups excluding tert-OH is 1. The molecule has 1 aromatic carbocycles. The number of anilines is 1. The number of rotatable bonds is 4. The van der Waals surface area contributed by atoms with Crippen LogP contribution in [0.1, 0.15) is 10.4 Å². The van der Waals surface area contributed by atoms with E-state index in [1.807, 2.05) is 4.90 Å². The van der Waals surface area contributed by atoms with E-state index in [9.17, 15) is 9.90 Å². The highest BCUT2D eigenvalue weighted by atomic mass is 35.5. The van der Waals surface area contributed by atoms with Crippen LogP contribution in [0.5, 0.6) is 0 Å². The van der Waals surface area contributed by atoms with Gasteiger partial charge in [0, 0.05) is 48.6 Å². The van der Waals surface area contributed by atoms with E-state index < -0.39 is 0 Å². The van der Waals surface area contributed by atoms with Crippen LogP contribution >= 0.6 is 11.6 Å². The summed E-state index contributed by atoms with van der Waals surface area (Å²) in [5, 5.41) is 13.1. The Balaban J connectivity index is 1.70. The maximum absolute atomic E-state index is 12.4. The lowest BCUT2D eigenvalue weighted by Gasteiger charge is -2.18. The minimum Gasteiger partial charge on any atom is -0.396 e. The van der Waals surface area contributed by atoms with Crippen LogP contribution in [-0.4, -0.2) is 46.7 Å². The molecule has 0 aliphatic carbocycles. The van der Waals surface area contributed by atoms with Gasteiger partial charge in [0.25, 0.3) is 5.91 Å². The maximum atomic E-state index is 12.4. The molecule has 2 aromatic rings. The largest absolute Gasteiger partial charge is 0.396 e. The number of nitrogens with one attached hydrogen (secondary N) is 1. The van der Waals surface area contributed by atoms with Crippen LogP contribution in [-0.2, 0) is 0 Å². The summed E-state index contributed by atoms with van der Waals surface area (Å²) in [5.74, 6) is 0.333. The van der Waals surface area contributed by atoms with Crippen LogP contribution < -0.4 is 10.2 Å². The van der Waals surface area contributed by atoms with Crippen molar-refractivity contribution in [2.24, 2.45) is 5.92 Å². The Bertz CT molecular complexity index is 683. The van der Waals surface area contributed by atoms with Crippen molar-refractivity contribution >= 4 is 23.5 Å². The van der Waals surface area contributed by atoms with Crippen LogP contribution in [0.3, 0.4) is 0 Å². The van der Waals surface area contributed by atoms with Gasteiger partial charge in [-0.15, -0.1) is 0 Å². The molecule has 1 saturated heterocycles. The van der Waals surface area contributed by atoms with Gasteiger partial charge in [-0.25, -0.2) is 9.97 Å². The van der Waals surface area contributed by atoms with Crippen molar-refractivity contribution in [2.45, 2.75) is 6.04 Å². The third-order valence-corrected chi connectivity index (χ3v) is 4.15. The molecule has 1 fully saturated rings. The third kappa shape index (κ3) is 3.60. The SMILES string of the molecule is O=C(NC1CN(c2ncccn2)CC1CO)c1cccc(Cl)c1. The van der Waals surface area contributed by atoms with Gasteiger partial charge < -0.3 is 15.3 Å². The Hall–Kier alpha value is -2.18. The van der Waals surface area contributed by atoms with Crippen molar-refractivity contribution < 1.29 is 9.90 Å². The molecule has 7 heteroatoms. The maximum Gasteiger partial charge on any atom is 0.251 e. The predicted octanol–water partition coefficient (Wildman–Crippen LogP) is 1.36. The number of aromatic nitrogens is 2. The molecule has 0 bridgehead atoms. The zero-order valence-electron chi connectivity index (χ0n) is 12.4. The molecule has 2 atom stereocenters. The van der Waals surface area contributed by atoms with Crippen molar-refractivity contribution in [1.82, 2.24) is 15.3 Å². The van der Waals surface area contributed by atoms with Crippen LogP contribution in [0.25, 0.3) is 0 Å². The number of nitrogens with zero attached hydrogens (tertiary/aromatic N) is 3. The van der Waals surface area contributed by atoms with Crippen molar-refractivity contribution in [2.75, 3.05) is 24.6 Å². The molecular formula is C16H17ClN4O2. The van der Waals surface area contributed by atoms with Crippen molar-refractivity contribution in [1.29, 1.82) is 0 Å². The Morgan fingerprint density at radius 2 is 2.09 bits per heavy atom. The van der Waals surface area contributed by atoms with Gasteiger partial charge in [0.1, 0.15) is 0 Å². The van der Waals surface area contributed by atoms with Gasteiger partial charge in [-0.2, -0.15) is 0 Å². The summed E-state index contributed by atoms with van der Waals surface area (Å²) < 4.78 is 0. The van der Waals surface area contributed by atoms with Gasteiger partial charge in [-0.3, -0.25) is 4.79 Å². The lowest BCUT2D eigenvalue weighted by Crippen LogP contribution is -2.41. The fourth-order valence-electron chi connectivity index (χ4n) is 2.72. The van der Waals surface area contributed by atoms with E-state index in [1.165, 1.54) is 0 Å². The Morgan fingerprint density at radius 3 is 2.78 bits per heavy atom. The summed E-state index contributed by atoms with van der Waals surface area (Å²) in [5.41, 5.74) is 0.503. The number of aliphatic hydroxyl groups is 1. The average Bonchev–Trinajstić information content (AvgIpc) is 2.98. The number of hydrogen-bond donors (Lipinski definition) is 2. The van der Waals surface area contributed by atoms with E-state index in [0.29, 0.717) is 29.6 Å². The fraction of sp³-hybridized carbons (Fsp3) is 0.312. The molecule has 2 N–H and O–H groups in total. The lowest BCUT2D eigenvalue weighted by atomic mass is 10.0. The first-order valence-corrected chi connectivity index (χ1v) is 7.74. The first-order valence-electron chi connectivity index (χ1n) is 7.36. The highest BCUT2D eigenvalue weighted by Gasteiger charge is 2.34. The van der Waals surface area contributed by atoms with Gasteiger partial charge in [-0.05, 0) is 24.3 Å². The van der Waals surface area contributed by atoms with Gasteiger partial charge in [0.2, 0.25) is 5.95 Å². The number of carbonyl (C=O) groups is 1. The smallest absolute Gasteiger partial charge is 0.251 e. The molecule has 23 heavy (non-hydrogen) atoms. The Morgan fingerprint density at radius 1 is 1.30 bits per heavy atom. The van der Waals surface area contributed by atoms with Crippen molar-refractivity contribution in [3.63, 3.8) is 0 Å². The topological polar surface area (TPSA) is 78.4 Å². The number of carbonyl (C=O) groups excluding carboxylic acids is 1. The van der Waals surface area contributed by atoms with Crippen LogP contribution in [0.2, 0.25) is 5.02 Å². The molecule has 1 aliphatic rings. The standard InChI is InChI=1S/C16H17ClN4O2/c17-13-4-1-3-11(7-13)15(23)20-14-9-21(8-12(14)10-22)16-18-5-2-6-19-16/h1-7,12,14,22H,8-10H2,(H,20,23). The summed E-state index contributed by atoms with van der Waals surface area (Å²) in [6, 6.07) is 8.37. The van der Waals surface area contributed by atoms with Crippen LogP contribution in [0, 0.1) is 5.92 Å². The molecule has 1 aromatic heterocycles. The van der Waals surface area contributed by atoms with Gasteiger partial charge in [0.15, 0.2) is 0 Å². The summed E-state index contributed by atoms with van der Waals surface area (Å²) in [6.07, 6.45) is 3.35.